The van der Waals surface area contributed by atoms with Crippen LogP contribution in [0.25, 0.3) is 0 Å². The van der Waals surface area contributed by atoms with Crippen LogP contribution in [0.5, 0.6) is 0 Å². The zero-order valence-electron chi connectivity index (χ0n) is 16.0. The first-order valence-electron chi connectivity index (χ1n) is 9.77. The predicted octanol–water partition coefficient (Wildman–Crippen LogP) is 1.84. The summed E-state index contributed by atoms with van der Waals surface area (Å²) in [7, 11) is 0. The number of rotatable bonds is 5. The molecule has 3 fully saturated rings. The van der Waals surface area contributed by atoms with Crippen LogP contribution in [0.3, 0.4) is 0 Å². The van der Waals surface area contributed by atoms with Gasteiger partial charge in [0.05, 0.1) is 6.54 Å². The van der Waals surface area contributed by atoms with E-state index in [1.165, 1.54) is 18.4 Å². The van der Waals surface area contributed by atoms with Gasteiger partial charge in [-0.15, -0.1) is 0 Å². The number of likely N-dealkylation sites (tertiary alicyclic amines) is 2. The van der Waals surface area contributed by atoms with Crippen molar-refractivity contribution < 1.29 is 14.0 Å². The van der Waals surface area contributed by atoms with E-state index in [-0.39, 0.29) is 23.9 Å². The second kappa shape index (κ2) is 6.72. The number of amides is 2. The summed E-state index contributed by atoms with van der Waals surface area (Å²) in [6.07, 6.45) is 3.20. The van der Waals surface area contributed by atoms with Crippen molar-refractivity contribution in [2.24, 2.45) is 11.8 Å². The van der Waals surface area contributed by atoms with Crippen molar-refractivity contribution in [1.29, 1.82) is 0 Å². The molecule has 0 radical (unpaired) electrons. The zero-order chi connectivity index (χ0) is 18.4. The van der Waals surface area contributed by atoms with Gasteiger partial charge in [0, 0.05) is 32.6 Å². The third-order valence-corrected chi connectivity index (χ3v) is 6.23. The lowest BCUT2D eigenvalue weighted by molar-refractivity contribution is -0.138. The van der Waals surface area contributed by atoms with Crippen molar-refractivity contribution in [3.05, 3.63) is 23.2 Å². The molecule has 2 amide bonds. The molecule has 6 heteroatoms. The van der Waals surface area contributed by atoms with Crippen LogP contribution in [0.2, 0.25) is 0 Å². The summed E-state index contributed by atoms with van der Waals surface area (Å²) in [5.74, 6) is 3.01. The van der Waals surface area contributed by atoms with Gasteiger partial charge in [-0.25, -0.2) is 0 Å². The smallest absolute Gasteiger partial charge is 0.242 e. The number of furan rings is 1. The molecular formula is C20H29N3O3. The topological polar surface area (TPSA) is 65.8 Å². The first-order chi connectivity index (χ1) is 12.4. The van der Waals surface area contributed by atoms with E-state index in [4.69, 9.17) is 4.42 Å². The molecule has 1 N–H and O–H groups in total. The summed E-state index contributed by atoms with van der Waals surface area (Å²) >= 11 is 0. The van der Waals surface area contributed by atoms with Crippen LogP contribution in [-0.2, 0) is 16.1 Å². The standard InChI is InChI=1S/C20H29N3O3/c1-12-6-17(26-13(12)2)10-22-9-16-7-18(20(25)21-8-15-4-5-15)23(14(3)24)19(16)11-22/h6,15-16,18-19H,4-5,7-11H2,1-3H3,(H,21,25)/t16?,18-,19?/m1/s1. The molecule has 3 atom stereocenters. The SMILES string of the molecule is CC(=O)N1C2CN(Cc3cc(C)c(C)o3)CC2C[C@@H]1C(=O)NCC1CC1. The lowest BCUT2D eigenvalue weighted by atomic mass is 10.0. The number of nitrogens with zero attached hydrogens (tertiary/aromatic N) is 2. The molecular weight excluding hydrogens is 330 g/mol. The summed E-state index contributed by atoms with van der Waals surface area (Å²) < 4.78 is 5.81. The van der Waals surface area contributed by atoms with E-state index in [1.54, 1.807) is 6.92 Å². The molecule has 4 rings (SSSR count). The molecule has 2 unspecified atom stereocenters. The zero-order valence-corrected chi connectivity index (χ0v) is 16.0. The fourth-order valence-electron chi connectivity index (χ4n) is 4.57. The molecule has 1 aromatic rings. The van der Waals surface area contributed by atoms with E-state index in [0.717, 1.165) is 44.1 Å². The van der Waals surface area contributed by atoms with Crippen LogP contribution >= 0.6 is 0 Å². The Kier molecular flexibility index (Phi) is 4.55. The van der Waals surface area contributed by atoms with Gasteiger partial charge in [0.1, 0.15) is 17.6 Å². The molecule has 1 saturated carbocycles. The largest absolute Gasteiger partial charge is 0.465 e. The van der Waals surface area contributed by atoms with Crippen LogP contribution < -0.4 is 5.32 Å². The number of nitrogens with one attached hydrogen (secondary N) is 1. The molecule has 1 aromatic heterocycles. The average molecular weight is 359 g/mol. The minimum Gasteiger partial charge on any atom is -0.465 e. The van der Waals surface area contributed by atoms with Gasteiger partial charge >= 0.3 is 0 Å². The lowest BCUT2D eigenvalue weighted by Gasteiger charge is -2.29. The highest BCUT2D eigenvalue weighted by Gasteiger charge is 2.50. The van der Waals surface area contributed by atoms with E-state index in [2.05, 4.69) is 23.2 Å². The number of carbonyl (C=O) groups excluding carboxylic acids is 2. The maximum Gasteiger partial charge on any atom is 0.242 e. The minimum absolute atomic E-state index is 0.00982. The summed E-state index contributed by atoms with van der Waals surface area (Å²) in [4.78, 5) is 29.1. The second-order valence-electron chi connectivity index (χ2n) is 8.34. The fraction of sp³-hybridized carbons (Fsp3) is 0.700. The quantitative estimate of drug-likeness (QED) is 0.871. The molecule has 6 nitrogen and oxygen atoms in total. The summed E-state index contributed by atoms with van der Waals surface area (Å²) in [5, 5.41) is 3.06. The maximum atomic E-state index is 12.6. The summed E-state index contributed by atoms with van der Waals surface area (Å²) in [6.45, 7) is 8.90. The molecule has 0 aromatic carbocycles. The molecule has 0 bridgehead atoms. The van der Waals surface area contributed by atoms with Crippen molar-refractivity contribution in [3.63, 3.8) is 0 Å². The Morgan fingerprint density at radius 1 is 1.27 bits per heavy atom. The van der Waals surface area contributed by atoms with Gasteiger partial charge in [-0.3, -0.25) is 14.5 Å². The number of carbonyl (C=O) groups is 2. The maximum absolute atomic E-state index is 12.6. The molecule has 26 heavy (non-hydrogen) atoms. The summed E-state index contributed by atoms with van der Waals surface area (Å²) in [5.41, 5.74) is 1.18. The van der Waals surface area contributed by atoms with E-state index >= 15 is 0 Å². The first-order valence-corrected chi connectivity index (χ1v) is 9.77. The van der Waals surface area contributed by atoms with Crippen molar-refractivity contribution in [2.45, 2.75) is 58.7 Å². The molecule has 3 heterocycles. The van der Waals surface area contributed by atoms with Gasteiger partial charge in [-0.05, 0) is 56.6 Å². The molecule has 2 aliphatic heterocycles. The van der Waals surface area contributed by atoms with Gasteiger partial charge in [0.25, 0.3) is 0 Å². The van der Waals surface area contributed by atoms with E-state index in [9.17, 15) is 9.59 Å². The Hall–Kier alpha value is -1.82. The lowest BCUT2D eigenvalue weighted by Crippen LogP contribution is -2.50. The Morgan fingerprint density at radius 2 is 2.04 bits per heavy atom. The number of fused-ring (bicyclic) bond motifs is 1. The highest BCUT2D eigenvalue weighted by molar-refractivity contribution is 5.88. The van der Waals surface area contributed by atoms with Gasteiger partial charge in [0.15, 0.2) is 0 Å². The number of hydrogen-bond donors (Lipinski definition) is 1. The Morgan fingerprint density at radius 3 is 2.65 bits per heavy atom. The molecule has 1 aliphatic carbocycles. The van der Waals surface area contributed by atoms with Crippen molar-refractivity contribution in [2.75, 3.05) is 19.6 Å². The monoisotopic (exact) mass is 359 g/mol. The Labute approximate surface area is 154 Å². The molecule has 0 spiro atoms. The number of hydrogen-bond acceptors (Lipinski definition) is 4. The van der Waals surface area contributed by atoms with Gasteiger partial charge in [0.2, 0.25) is 11.8 Å². The van der Waals surface area contributed by atoms with E-state index in [0.29, 0.717) is 11.8 Å². The number of aryl methyl sites for hydroxylation is 2. The second-order valence-corrected chi connectivity index (χ2v) is 8.34. The first kappa shape index (κ1) is 17.6. The van der Waals surface area contributed by atoms with E-state index in [1.807, 2.05) is 11.8 Å². The van der Waals surface area contributed by atoms with Gasteiger partial charge in [-0.1, -0.05) is 0 Å². The van der Waals surface area contributed by atoms with E-state index < -0.39 is 0 Å². The third kappa shape index (κ3) is 3.39. The third-order valence-electron chi connectivity index (χ3n) is 6.23. The van der Waals surface area contributed by atoms with Crippen LogP contribution in [-0.4, -0.2) is 53.3 Å². The highest BCUT2D eigenvalue weighted by Crippen LogP contribution is 2.37. The predicted molar refractivity (Wildman–Crippen MR) is 97.4 cm³/mol. The Bertz CT molecular complexity index is 690. The van der Waals surface area contributed by atoms with Crippen LogP contribution in [0.1, 0.15) is 43.3 Å². The minimum atomic E-state index is -0.295. The van der Waals surface area contributed by atoms with Crippen molar-refractivity contribution in [1.82, 2.24) is 15.1 Å². The molecule has 142 valence electrons. The Balaban J connectivity index is 1.39. The molecule has 3 aliphatic rings. The van der Waals surface area contributed by atoms with Gasteiger partial charge in [-0.2, -0.15) is 0 Å². The average Bonchev–Trinajstić information content (AvgIpc) is 3.11. The summed E-state index contributed by atoms with van der Waals surface area (Å²) in [6, 6.07) is 1.94. The normalized spacial score (nSPS) is 28.4. The van der Waals surface area contributed by atoms with Gasteiger partial charge < -0.3 is 14.6 Å². The highest BCUT2D eigenvalue weighted by atomic mass is 16.3. The van der Waals surface area contributed by atoms with Crippen LogP contribution in [0, 0.1) is 25.7 Å². The van der Waals surface area contributed by atoms with Crippen LogP contribution in [0.4, 0.5) is 0 Å². The van der Waals surface area contributed by atoms with Crippen molar-refractivity contribution in [3.8, 4) is 0 Å². The van der Waals surface area contributed by atoms with Crippen LogP contribution in [0.15, 0.2) is 10.5 Å². The fourth-order valence-corrected chi connectivity index (χ4v) is 4.57. The van der Waals surface area contributed by atoms with Crippen molar-refractivity contribution >= 4 is 11.8 Å². The molecule has 2 saturated heterocycles.